The first kappa shape index (κ1) is 18.7. The molecule has 1 fully saturated rings. The summed E-state index contributed by atoms with van der Waals surface area (Å²) in [6.45, 7) is 0.627. The largest absolute Gasteiger partial charge is 0.478 e. The summed E-state index contributed by atoms with van der Waals surface area (Å²) >= 11 is 7.18. The number of carbonyl (C=O) groups is 2. The molecule has 1 heterocycles. The maximum atomic E-state index is 12.2. The van der Waals surface area contributed by atoms with Crippen LogP contribution in [0.5, 0.6) is 0 Å². The van der Waals surface area contributed by atoms with E-state index in [2.05, 4.69) is 10.6 Å². The number of amides is 2. The molecule has 0 radical (unpaired) electrons. The third-order valence-electron chi connectivity index (χ3n) is 4.64. The second-order valence-electron chi connectivity index (χ2n) is 6.50. The summed E-state index contributed by atoms with van der Waals surface area (Å²) < 4.78 is 0. The highest BCUT2D eigenvalue weighted by molar-refractivity contribution is 7.14. The minimum Gasteiger partial charge on any atom is -0.478 e. The Morgan fingerprint density at radius 3 is 2.50 bits per heavy atom. The highest BCUT2D eigenvalue weighted by Gasteiger charge is 2.21. The van der Waals surface area contributed by atoms with Crippen molar-refractivity contribution >= 4 is 40.6 Å². The predicted octanol–water partition coefficient (Wildman–Crippen LogP) is 5.47. The van der Waals surface area contributed by atoms with Crippen LogP contribution in [0.25, 0.3) is 10.4 Å². The molecular weight excluding hydrogens is 372 g/mol. The van der Waals surface area contributed by atoms with E-state index < -0.39 is 5.97 Å². The van der Waals surface area contributed by atoms with Crippen LogP contribution in [0.2, 0.25) is 5.02 Å². The number of carboxylic acids is 1. The lowest BCUT2D eigenvalue weighted by molar-refractivity contribution is 0.0699. The lowest BCUT2D eigenvalue weighted by Crippen LogP contribution is -2.34. The Bertz CT molecular complexity index is 783. The summed E-state index contributed by atoms with van der Waals surface area (Å²) in [6.07, 6.45) is 5.98. The second-order valence-corrected chi connectivity index (χ2v) is 7.82. The number of nitrogens with one attached hydrogen (secondary N) is 2. The smallest absolute Gasteiger partial charge is 0.339 e. The average molecular weight is 393 g/mol. The van der Waals surface area contributed by atoms with E-state index in [1.807, 2.05) is 0 Å². The van der Waals surface area contributed by atoms with Crippen LogP contribution in [-0.4, -0.2) is 23.7 Å². The molecule has 2 aromatic rings. The lowest BCUT2D eigenvalue weighted by atomic mass is 9.89. The molecule has 1 saturated carbocycles. The zero-order valence-corrected chi connectivity index (χ0v) is 15.8. The Hall–Kier alpha value is -2.05. The number of thiophene rings is 1. The van der Waals surface area contributed by atoms with Crippen LogP contribution in [-0.2, 0) is 0 Å². The highest BCUT2D eigenvalue weighted by atomic mass is 35.5. The molecule has 0 aliphatic heterocycles. The van der Waals surface area contributed by atoms with Crippen LogP contribution in [0.15, 0.2) is 29.6 Å². The quantitative estimate of drug-likeness (QED) is 0.631. The molecule has 0 unspecified atom stereocenters. The molecule has 1 aliphatic carbocycles. The van der Waals surface area contributed by atoms with Crippen LogP contribution in [0.4, 0.5) is 10.5 Å². The Morgan fingerprint density at radius 2 is 1.85 bits per heavy atom. The van der Waals surface area contributed by atoms with Gasteiger partial charge in [0.2, 0.25) is 0 Å². The molecule has 2 amide bonds. The van der Waals surface area contributed by atoms with Gasteiger partial charge in [0.05, 0.1) is 10.6 Å². The third kappa shape index (κ3) is 4.56. The van der Waals surface area contributed by atoms with Crippen LogP contribution < -0.4 is 10.6 Å². The number of halogens is 1. The summed E-state index contributed by atoms with van der Waals surface area (Å²) in [4.78, 5) is 24.5. The first-order chi connectivity index (χ1) is 12.5. The van der Waals surface area contributed by atoms with Gasteiger partial charge in [-0.2, -0.15) is 0 Å². The maximum absolute atomic E-state index is 12.2. The molecule has 7 heteroatoms. The van der Waals surface area contributed by atoms with E-state index in [1.54, 1.807) is 29.6 Å². The number of urea groups is 1. The Morgan fingerprint density at radius 1 is 1.15 bits per heavy atom. The normalized spacial score (nSPS) is 14.8. The zero-order valence-electron chi connectivity index (χ0n) is 14.3. The summed E-state index contributed by atoms with van der Waals surface area (Å²) in [7, 11) is 0. The third-order valence-corrected chi connectivity index (χ3v) is 5.92. The van der Waals surface area contributed by atoms with Crippen molar-refractivity contribution < 1.29 is 14.7 Å². The molecule has 0 bridgehead atoms. The van der Waals surface area contributed by atoms with E-state index in [4.69, 9.17) is 11.6 Å². The van der Waals surface area contributed by atoms with Gasteiger partial charge in [-0.05, 0) is 36.5 Å². The van der Waals surface area contributed by atoms with Gasteiger partial charge in [0.25, 0.3) is 0 Å². The van der Waals surface area contributed by atoms with Crippen molar-refractivity contribution in [2.24, 2.45) is 5.92 Å². The van der Waals surface area contributed by atoms with Crippen LogP contribution in [0.3, 0.4) is 0 Å². The fraction of sp³-hybridized carbons (Fsp3) is 0.368. The molecule has 1 aromatic heterocycles. The number of hydrogen-bond acceptors (Lipinski definition) is 3. The van der Waals surface area contributed by atoms with Crippen molar-refractivity contribution in [1.29, 1.82) is 0 Å². The standard InChI is InChI=1S/C19H21ClN2O3S/c20-14-8-6-13(7-9-14)17-16(18(23)24)15(11-26-17)22-19(25)21-10-12-4-2-1-3-5-12/h6-9,11-12H,1-5,10H2,(H,23,24)(H2,21,22,25). The van der Waals surface area contributed by atoms with Gasteiger partial charge in [0.1, 0.15) is 5.56 Å². The average Bonchev–Trinajstić information content (AvgIpc) is 3.05. The molecule has 1 aliphatic rings. The van der Waals surface area contributed by atoms with Crippen LogP contribution in [0.1, 0.15) is 42.5 Å². The fourth-order valence-corrected chi connectivity index (χ4v) is 4.40. The van der Waals surface area contributed by atoms with Crippen molar-refractivity contribution in [3.05, 3.63) is 40.2 Å². The number of rotatable bonds is 5. The minimum absolute atomic E-state index is 0.102. The van der Waals surface area contributed by atoms with Crippen LogP contribution >= 0.6 is 22.9 Å². The van der Waals surface area contributed by atoms with Gasteiger partial charge < -0.3 is 15.7 Å². The van der Waals surface area contributed by atoms with Crippen molar-refractivity contribution in [2.45, 2.75) is 32.1 Å². The number of benzene rings is 1. The maximum Gasteiger partial charge on any atom is 0.339 e. The number of anilines is 1. The first-order valence-electron chi connectivity index (χ1n) is 8.70. The van der Waals surface area contributed by atoms with Crippen molar-refractivity contribution in [1.82, 2.24) is 5.32 Å². The zero-order chi connectivity index (χ0) is 18.5. The van der Waals surface area contributed by atoms with Gasteiger partial charge in [-0.3, -0.25) is 0 Å². The molecule has 0 atom stereocenters. The summed E-state index contributed by atoms with van der Waals surface area (Å²) in [5.41, 5.74) is 1.17. The molecule has 1 aromatic carbocycles. The Kier molecular flexibility index (Phi) is 6.16. The van der Waals surface area contributed by atoms with Gasteiger partial charge in [-0.25, -0.2) is 9.59 Å². The number of carbonyl (C=O) groups excluding carboxylic acids is 1. The number of carboxylic acid groups (broad SMARTS) is 1. The predicted molar refractivity (Wildman–Crippen MR) is 105 cm³/mol. The van der Waals surface area contributed by atoms with Gasteiger partial charge in [0, 0.05) is 16.9 Å². The molecular formula is C19H21ClN2O3S. The van der Waals surface area contributed by atoms with E-state index in [9.17, 15) is 14.7 Å². The van der Waals surface area contributed by atoms with Gasteiger partial charge in [-0.15, -0.1) is 11.3 Å². The fourth-order valence-electron chi connectivity index (χ4n) is 3.27. The summed E-state index contributed by atoms with van der Waals surface area (Å²) in [6, 6.07) is 6.61. The van der Waals surface area contributed by atoms with E-state index in [1.165, 1.54) is 30.6 Å². The molecule has 26 heavy (non-hydrogen) atoms. The molecule has 5 nitrogen and oxygen atoms in total. The first-order valence-corrected chi connectivity index (χ1v) is 9.96. The van der Waals surface area contributed by atoms with Crippen molar-refractivity contribution in [3.63, 3.8) is 0 Å². The van der Waals surface area contributed by atoms with Gasteiger partial charge in [-0.1, -0.05) is 43.0 Å². The molecule has 3 rings (SSSR count). The number of hydrogen-bond donors (Lipinski definition) is 3. The van der Waals surface area contributed by atoms with Gasteiger partial charge in [0.15, 0.2) is 0 Å². The van der Waals surface area contributed by atoms with E-state index in [0.717, 1.165) is 18.4 Å². The molecule has 0 spiro atoms. The molecule has 138 valence electrons. The van der Waals surface area contributed by atoms with Crippen LogP contribution in [0, 0.1) is 5.92 Å². The van der Waals surface area contributed by atoms with Gasteiger partial charge >= 0.3 is 12.0 Å². The van der Waals surface area contributed by atoms with E-state index in [-0.39, 0.29) is 11.6 Å². The monoisotopic (exact) mass is 392 g/mol. The Labute approximate surface area is 161 Å². The summed E-state index contributed by atoms with van der Waals surface area (Å²) in [5.74, 6) is -0.556. The molecule has 0 saturated heterocycles. The number of aromatic carboxylic acids is 1. The second kappa shape index (κ2) is 8.56. The lowest BCUT2D eigenvalue weighted by Gasteiger charge is -2.21. The topological polar surface area (TPSA) is 78.4 Å². The minimum atomic E-state index is -1.07. The van der Waals surface area contributed by atoms with E-state index in [0.29, 0.717) is 28.0 Å². The highest BCUT2D eigenvalue weighted by Crippen LogP contribution is 2.36. The van der Waals surface area contributed by atoms with Crippen molar-refractivity contribution in [2.75, 3.05) is 11.9 Å². The Balaban J connectivity index is 1.70. The van der Waals surface area contributed by atoms with Crippen molar-refractivity contribution in [3.8, 4) is 10.4 Å². The SMILES string of the molecule is O=C(NCC1CCCCC1)Nc1csc(-c2ccc(Cl)cc2)c1C(=O)O. The summed E-state index contributed by atoms with van der Waals surface area (Å²) in [5, 5.41) is 17.4. The molecule has 3 N–H and O–H groups in total. The van der Waals surface area contributed by atoms with E-state index >= 15 is 0 Å².